The first-order valence-electron chi connectivity index (χ1n) is 19.2. The molecule has 8 nitrogen and oxygen atoms in total. The Hall–Kier alpha value is -8.10. The van der Waals surface area contributed by atoms with Crippen LogP contribution in [-0.2, 0) is 0 Å². The van der Waals surface area contributed by atoms with Crippen LogP contribution in [0.15, 0.2) is 182 Å². The topological polar surface area (TPSA) is 86.7 Å². The maximum atomic E-state index is 5.26. The quantitative estimate of drug-likeness (QED) is 0.163. The van der Waals surface area contributed by atoms with Gasteiger partial charge in [0.1, 0.15) is 5.65 Å². The SMILES string of the molecule is c1ccc(-c2ccc(-c3nc(-c4ccc(-c5ccccn5)cc4)nc(-n4c5ccccc5c5cc6c(cc54)c4ccccc4c4nc5ccccc5n64)n3)cc2)nc1. The molecule has 12 rings (SSSR count). The molecule has 6 aromatic carbocycles. The fraction of sp³-hybridized carbons (Fsp3) is 0. The second-order valence-electron chi connectivity index (χ2n) is 14.4. The van der Waals surface area contributed by atoms with Gasteiger partial charge >= 0.3 is 0 Å². The fourth-order valence-corrected chi connectivity index (χ4v) is 8.35. The molecule has 0 spiro atoms. The van der Waals surface area contributed by atoms with Gasteiger partial charge in [0.15, 0.2) is 11.6 Å². The molecule has 0 atom stereocenters. The zero-order valence-electron chi connectivity index (χ0n) is 30.9. The standard InChI is InChI=1S/C50H30N8/c1-2-13-37-35(11-1)38-29-46-39(30-45(38)57-44-18-6-4-16-42(44)53-49(37)57)36-12-3-5-17-43(36)58(46)50-55-47(33-23-19-31(20-24-33)40-14-7-9-27-51-40)54-48(56-50)34-25-21-32(22-26-34)41-15-8-10-28-52-41/h1-30H. The Kier molecular flexibility index (Phi) is 7.06. The highest BCUT2D eigenvalue weighted by Gasteiger charge is 2.21. The number of rotatable bonds is 5. The molecular weight excluding hydrogens is 713 g/mol. The predicted molar refractivity (Wildman–Crippen MR) is 233 cm³/mol. The van der Waals surface area contributed by atoms with E-state index in [0.717, 1.165) is 93.8 Å². The number of benzene rings is 6. The molecule has 0 fully saturated rings. The van der Waals surface area contributed by atoms with Gasteiger partial charge in [0.05, 0.1) is 39.0 Å². The second kappa shape index (κ2) is 12.7. The fourth-order valence-electron chi connectivity index (χ4n) is 8.35. The van der Waals surface area contributed by atoms with E-state index < -0.39 is 0 Å². The number of imidazole rings is 1. The van der Waals surface area contributed by atoms with E-state index in [2.05, 4.69) is 146 Å². The maximum absolute atomic E-state index is 5.26. The van der Waals surface area contributed by atoms with Crippen molar-refractivity contribution in [3.8, 4) is 51.2 Å². The molecule has 0 unspecified atom stereocenters. The summed E-state index contributed by atoms with van der Waals surface area (Å²) in [6.45, 7) is 0. The van der Waals surface area contributed by atoms with Gasteiger partial charge in [0, 0.05) is 56.2 Å². The van der Waals surface area contributed by atoms with Gasteiger partial charge in [-0.05, 0) is 60.0 Å². The summed E-state index contributed by atoms with van der Waals surface area (Å²) in [5.41, 5.74) is 11.7. The summed E-state index contributed by atoms with van der Waals surface area (Å²) in [5, 5.41) is 5.55. The van der Waals surface area contributed by atoms with Gasteiger partial charge < -0.3 is 0 Å². The number of hydrogen-bond acceptors (Lipinski definition) is 6. The maximum Gasteiger partial charge on any atom is 0.238 e. The number of fused-ring (bicyclic) bond motifs is 11. The van der Waals surface area contributed by atoms with Crippen LogP contribution in [0.25, 0.3) is 111 Å². The Labute approximate surface area is 331 Å². The molecule has 0 saturated carbocycles. The minimum atomic E-state index is 0.534. The van der Waals surface area contributed by atoms with Gasteiger partial charge in [0.25, 0.3) is 0 Å². The monoisotopic (exact) mass is 742 g/mol. The van der Waals surface area contributed by atoms with E-state index in [9.17, 15) is 0 Å². The zero-order valence-corrected chi connectivity index (χ0v) is 30.9. The first-order valence-corrected chi connectivity index (χ1v) is 19.2. The molecule has 8 heteroatoms. The van der Waals surface area contributed by atoms with Crippen molar-refractivity contribution >= 4 is 60.2 Å². The van der Waals surface area contributed by atoms with Gasteiger partial charge in [0.2, 0.25) is 5.95 Å². The molecule has 12 aromatic rings. The molecular formula is C50H30N8. The molecule has 6 heterocycles. The van der Waals surface area contributed by atoms with Crippen molar-refractivity contribution in [2.75, 3.05) is 0 Å². The summed E-state index contributed by atoms with van der Waals surface area (Å²) in [6.07, 6.45) is 3.62. The van der Waals surface area contributed by atoms with Crippen molar-refractivity contribution < 1.29 is 0 Å². The molecule has 58 heavy (non-hydrogen) atoms. The zero-order chi connectivity index (χ0) is 38.2. The highest BCUT2D eigenvalue weighted by molar-refractivity contribution is 6.20. The van der Waals surface area contributed by atoms with Gasteiger partial charge in [-0.15, -0.1) is 0 Å². The smallest absolute Gasteiger partial charge is 0.238 e. The molecule has 0 amide bonds. The lowest BCUT2D eigenvalue weighted by atomic mass is 10.0. The van der Waals surface area contributed by atoms with Crippen LogP contribution in [0.1, 0.15) is 0 Å². The van der Waals surface area contributed by atoms with Crippen molar-refractivity contribution in [2.24, 2.45) is 0 Å². The summed E-state index contributed by atoms with van der Waals surface area (Å²) in [4.78, 5) is 29.9. The number of hydrogen-bond donors (Lipinski definition) is 0. The molecule has 0 saturated heterocycles. The van der Waals surface area contributed by atoms with Crippen molar-refractivity contribution in [3.63, 3.8) is 0 Å². The molecule has 270 valence electrons. The van der Waals surface area contributed by atoms with Crippen LogP contribution in [0.4, 0.5) is 0 Å². The van der Waals surface area contributed by atoms with E-state index >= 15 is 0 Å². The van der Waals surface area contributed by atoms with Crippen LogP contribution in [0.2, 0.25) is 0 Å². The third kappa shape index (κ3) is 5.02. The molecule has 0 radical (unpaired) electrons. The van der Waals surface area contributed by atoms with Crippen molar-refractivity contribution in [3.05, 3.63) is 182 Å². The average molecular weight is 743 g/mol. The number of nitrogens with zero attached hydrogens (tertiary/aromatic N) is 8. The van der Waals surface area contributed by atoms with E-state index in [1.165, 1.54) is 0 Å². The highest BCUT2D eigenvalue weighted by atomic mass is 15.2. The third-order valence-corrected chi connectivity index (χ3v) is 11.1. The molecule has 0 aliphatic heterocycles. The number of para-hydroxylation sites is 3. The Balaban J connectivity index is 1.12. The highest BCUT2D eigenvalue weighted by Crippen LogP contribution is 2.39. The molecule has 0 aliphatic carbocycles. The number of aromatic nitrogens is 8. The van der Waals surface area contributed by atoms with Crippen molar-refractivity contribution in [1.29, 1.82) is 0 Å². The van der Waals surface area contributed by atoms with Gasteiger partial charge in [-0.25, -0.2) is 9.97 Å². The lowest BCUT2D eigenvalue weighted by Gasteiger charge is -2.13. The van der Waals surface area contributed by atoms with E-state index in [-0.39, 0.29) is 0 Å². The van der Waals surface area contributed by atoms with Crippen LogP contribution in [0.3, 0.4) is 0 Å². The van der Waals surface area contributed by atoms with E-state index in [4.69, 9.17) is 19.9 Å². The lowest BCUT2D eigenvalue weighted by Crippen LogP contribution is -2.06. The molecule has 0 bridgehead atoms. The summed E-state index contributed by atoms with van der Waals surface area (Å²) in [6, 6.07) is 58.4. The van der Waals surface area contributed by atoms with Crippen LogP contribution >= 0.6 is 0 Å². The van der Waals surface area contributed by atoms with E-state index in [1.807, 2.05) is 54.9 Å². The summed E-state index contributed by atoms with van der Waals surface area (Å²) >= 11 is 0. The second-order valence-corrected chi connectivity index (χ2v) is 14.4. The van der Waals surface area contributed by atoms with Crippen molar-refractivity contribution in [2.45, 2.75) is 0 Å². The molecule has 6 aromatic heterocycles. The summed E-state index contributed by atoms with van der Waals surface area (Å²) in [5.74, 6) is 1.68. The Morgan fingerprint density at radius 2 is 0.862 bits per heavy atom. The Morgan fingerprint density at radius 3 is 1.50 bits per heavy atom. The van der Waals surface area contributed by atoms with Crippen molar-refractivity contribution in [1.82, 2.24) is 38.9 Å². The normalized spacial score (nSPS) is 11.8. The first kappa shape index (κ1) is 32.2. The minimum absolute atomic E-state index is 0.534. The largest absolute Gasteiger partial charge is 0.292 e. The number of pyridine rings is 3. The average Bonchev–Trinajstić information content (AvgIpc) is 3.85. The van der Waals surface area contributed by atoms with Crippen LogP contribution in [-0.4, -0.2) is 38.9 Å². The van der Waals surface area contributed by atoms with Crippen LogP contribution in [0.5, 0.6) is 0 Å². The van der Waals surface area contributed by atoms with Gasteiger partial charge in [-0.2, -0.15) is 9.97 Å². The van der Waals surface area contributed by atoms with Crippen LogP contribution < -0.4 is 0 Å². The predicted octanol–water partition coefficient (Wildman–Crippen LogP) is 11.5. The Bertz CT molecular complexity index is 3440. The van der Waals surface area contributed by atoms with E-state index in [1.54, 1.807) is 0 Å². The molecule has 0 aliphatic rings. The lowest BCUT2D eigenvalue weighted by molar-refractivity contribution is 0.954. The minimum Gasteiger partial charge on any atom is -0.292 e. The first-order chi connectivity index (χ1) is 28.7. The summed E-state index contributed by atoms with van der Waals surface area (Å²) < 4.78 is 4.50. The van der Waals surface area contributed by atoms with E-state index in [0.29, 0.717) is 17.6 Å². The van der Waals surface area contributed by atoms with Crippen LogP contribution in [0, 0.1) is 0 Å². The van der Waals surface area contributed by atoms with Gasteiger partial charge in [-0.3, -0.25) is 18.9 Å². The third-order valence-electron chi connectivity index (χ3n) is 11.1. The Morgan fingerprint density at radius 1 is 0.345 bits per heavy atom. The summed E-state index contributed by atoms with van der Waals surface area (Å²) in [7, 11) is 0. The van der Waals surface area contributed by atoms with Gasteiger partial charge in [-0.1, -0.05) is 115 Å². The molecule has 0 N–H and O–H groups in total.